The summed E-state index contributed by atoms with van der Waals surface area (Å²) >= 11 is 0. The van der Waals surface area contributed by atoms with Crippen molar-refractivity contribution >= 4 is 23.2 Å². The third-order valence-electron chi connectivity index (χ3n) is 5.33. The summed E-state index contributed by atoms with van der Waals surface area (Å²) in [6.07, 6.45) is 1.80. The highest BCUT2D eigenvalue weighted by atomic mass is 19.1. The first kappa shape index (κ1) is 20.5. The molecule has 0 saturated carbocycles. The summed E-state index contributed by atoms with van der Waals surface area (Å²) in [5.41, 5.74) is 5.57. The number of carbonyl (C=O) groups is 1. The van der Waals surface area contributed by atoms with Crippen molar-refractivity contribution in [1.29, 1.82) is 0 Å². The average molecular weight is 418 g/mol. The molecule has 1 N–H and O–H groups in total. The van der Waals surface area contributed by atoms with E-state index in [1.807, 2.05) is 38.1 Å². The number of halogens is 2. The second kappa shape index (κ2) is 8.19. The number of hydrogen-bond donors (Lipinski definition) is 1. The second-order valence-electron chi connectivity index (χ2n) is 7.50. The first-order valence-electron chi connectivity index (χ1n) is 9.80. The highest BCUT2D eigenvalue weighted by Gasteiger charge is 2.25. The highest BCUT2D eigenvalue weighted by Crippen LogP contribution is 2.44. The monoisotopic (exact) mass is 418 g/mol. The number of ether oxygens (including phenoxy) is 1. The third-order valence-corrected chi connectivity index (χ3v) is 5.33. The normalized spacial score (nSPS) is 14.1. The van der Waals surface area contributed by atoms with Gasteiger partial charge >= 0.3 is 5.97 Å². The number of allylic oxidation sites excluding steroid dienone is 2. The molecule has 3 aromatic rings. The van der Waals surface area contributed by atoms with Crippen LogP contribution in [-0.2, 0) is 4.79 Å². The lowest BCUT2D eigenvalue weighted by atomic mass is 9.99. The Balaban J connectivity index is 1.69. The minimum Gasteiger partial charge on any atom is -0.481 e. The average Bonchev–Trinajstić information content (AvgIpc) is 2.96. The van der Waals surface area contributed by atoms with Crippen LogP contribution < -0.4 is 4.74 Å². The van der Waals surface area contributed by atoms with Crippen LogP contribution in [-0.4, -0.2) is 11.1 Å². The molecule has 4 rings (SSSR count). The van der Waals surface area contributed by atoms with Crippen LogP contribution in [0.25, 0.3) is 17.2 Å². The van der Waals surface area contributed by atoms with E-state index in [0.717, 1.165) is 27.8 Å². The zero-order chi connectivity index (χ0) is 22.1. The van der Waals surface area contributed by atoms with Gasteiger partial charge in [0.05, 0.1) is 6.42 Å². The Bertz CT molecular complexity index is 1240. The number of rotatable bonds is 5. The van der Waals surface area contributed by atoms with Crippen LogP contribution in [0, 0.1) is 18.6 Å². The van der Waals surface area contributed by atoms with Crippen LogP contribution in [0.3, 0.4) is 0 Å². The number of fused-ring (bicyclic) bond motifs is 1. The number of carboxylic acids is 1. The summed E-state index contributed by atoms with van der Waals surface area (Å²) in [7, 11) is 0. The Morgan fingerprint density at radius 3 is 2.32 bits per heavy atom. The highest BCUT2D eigenvalue weighted by molar-refractivity contribution is 6.07. The number of aryl methyl sites for hydroxylation is 1. The molecule has 1 aliphatic rings. The molecule has 156 valence electrons. The molecule has 0 spiro atoms. The lowest BCUT2D eigenvalue weighted by Crippen LogP contribution is -1.97. The second-order valence-corrected chi connectivity index (χ2v) is 7.50. The zero-order valence-corrected chi connectivity index (χ0v) is 17.1. The van der Waals surface area contributed by atoms with Crippen molar-refractivity contribution in [3.8, 4) is 11.5 Å². The quantitative estimate of drug-likeness (QED) is 0.492. The van der Waals surface area contributed by atoms with Gasteiger partial charge in [-0.15, -0.1) is 0 Å². The molecule has 3 nitrogen and oxygen atoms in total. The van der Waals surface area contributed by atoms with Crippen LogP contribution in [0.1, 0.15) is 35.6 Å². The molecule has 0 fully saturated rings. The molecule has 3 aromatic carbocycles. The van der Waals surface area contributed by atoms with Crippen molar-refractivity contribution in [3.05, 3.63) is 100 Å². The Labute approximate surface area is 178 Å². The molecule has 0 heterocycles. The van der Waals surface area contributed by atoms with E-state index in [2.05, 4.69) is 0 Å². The van der Waals surface area contributed by atoms with Crippen LogP contribution in [0.4, 0.5) is 8.78 Å². The van der Waals surface area contributed by atoms with Gasteiger partial charge in [0.2, 0.25) is 0 Å². The number of aliphatic carboxylic acids is 1. The molecule has 1 aliphatic carbocycles. The van der Waals surface area contributed by atoms with Crippen molar-refractivity contribution < 1.29 is 23.4 Å². The van der Waals surface area contributed by atoms with Crippen LogP contribution in [0.2, 0.25) is 0 Å². The van der Waals surface area contributed by atoms with E-state index in [1.54, 1.807) is 18.2 Å². The van der Waals surface area contributed by atoms with Gasteiger partial charge in [-0.25, -0.2) is 8.78 Å². The number of hydrogen-bond acceptors (Lipinski definition) is 2. The fourth-order valence-corrected chi connectivity index (χ4v) is 3.81. The van der Waals surface area contributed by atoms with E-state index >= 15 is 0 Å². The summed E-state index contributed by atoms with van der Waals surface area (Å²) in [6, 6.07) is 16.0. The van der Waals surface area contributed by atoms with E-state index in [1.165, 1.54) is 24.3 Å². The summed E-state index contributed by atoms with van der Waals surface area (Å²) in [6.45, 7) is 3.78. The fraction of sp³-hybridized carbons (Fsp3) is 0.115. The predicted octanol–water partition coefficient (Wildman–Crippen LogP) is 6.87. The minimum absolute atomic E-state index is 0.164. The van der Waals surface area contributed by atoms with Crippen LogP contribution in [0.15, 0.2) is 66.2 Å². The summed E-state index contributed by atoms with van der Waals surface area (Å²) in [4.78, 5) is 11.3. The smallest absolute Gasteiger partial charge is 0.307 e. The lowest BCUT2D eigenvalue weighted by Gasteiger charge is -2.10. The van der Waals surface area contributed by atoms with E-state index in [-0.39, 0.29) is 12.2 Å². The van der Waals surface area contributed by atoms with Gasteiger partial charge in [-0.3, -0.25) is 4.79 Å². The van der Waals surface area contributed by atoms with Crippen LogP contribution in [0.5, 0.6) is 11.5 Å². The minimum atomic E-state index is -0.955. The summed E-state index contributed by atoms with van der Waals surface area (Å²) in [5, 5.41) is 9.28. The molecule has 0 aromatic heterocycles. The Hall–Kier alpha value is -3.73. The van der Waals surface area contributed by atoms with Crippen molar-refractivity contribution in [2.24, 2.45) is 0 Å². The molecule has 0 atom stereocenters. The van der Waals surface area contributed by atoms with Gasteiger partial charge in [-0.05, 0) is 107 Å². The van der Waals surface area contributed by atoms with Crippen molar-refractivity contribution in [3.63, 3.8) is 0 Å². The molecule has 0 unspecified atom stereocenters. The van der Waals surface area contributed by atoms with Gasteiger partial charge < -0.3 is 9.84 Å². The molecule has 0 saturated heterocycles. The lowest BCUT2D eigenvalue weighted by molar-refractivity contribution is -0.135. The standard InChI is InChI=1S/C26H20F2O3/c1-15-11-17(3-10-25(15)31-20-7-4-18(27)5-8-20)12-22-16(2)23(14-26(29)30)24-13-19(28)6-9-21(22)24/h3-13H,14H2,1-2H3,(H,29,30)/b22-12-. The molecular weight excluding hydrogens is 398 g/mol. The maximum Gasteiger partial charge on any atom is 0.307 e. The predicted molar refractivity (Wildman–Crippen MR) is 117 cm³/mol. The number of benzene rings is 3. The van der Waals surface area contributed by atoms with Crippen molar-refractivity contribution in [2.75, 3.05) is 0 Å². The molecule has 0 amide bonds. The third kappa shape index (κ3) is 4.26. The van der Waals surface area contributed by atoms with E-state index in [9.17, 15) is 18.7 Å². The van der Waals surface area contributed by atoms with Gasteiger partial charge in [0.1, 0.15) is 23.1 Å². The van der Waals surface area contributed by atoms with E-state index in [4.69, 9.17) is 4.74 Å². The van der Waals surface area contributed by atoms with Gasteiger partial charge in [0.25, 0.3) is 0 Å². The van der Waals surface area contributed by atoms with Crippen molar-refractivity contribution in [2.45, 2.75) is 20.3 Å². The first-order valence-corrected chi connectivity index (χ1v) is 9.80. The summed E-state index contributed by atoms with van der Waals surface area (Å²) in [5.74, 6) is -0.479. The van der Waals surface area contributed by atoms with Crippen molar-refractivity contribution in [1.82, 2.24) is 0 Å². The molecule has 0 aliphatic heterocycles. The van der Waals surface area contributed by atoms with Gasteiger partial charge in [0, 0.05) is 0 Å². The molecular formula is C26H20F2O3. The van der Waals surface area contributed by atoms with E-state index in [0.29, 0.717) is 22.6 Å². The topological polar surface area (TPSA) is 46.5 Å². The van der Waals surface area contributed by atoms with Gasteiger partial charge in [0.15, 0.2) is 0 Å². The van der Waals surface area contributed by atoms with Gasteiger partial charge in [-0.1, -0.05) is 12.1 Å². The van der Waals surface area contributed by atoms with Gasteiger partial charge in [-0.2, -0.15) is 0 Å². The SMILES string of the molecule is CC1=C(CC(=O)O)c2cc(F)ccc2/C1=C\c1ccc(Oc2ccc(F)cc2)c(C)c1. The maximum atomic E-state index is 13.8. The Morgan fingerprint density at radius 1 is 0.935 bits per heavy atom. The molecule has 5 heteroatoms. The summed E-state index contributed by atoms with van der Waals surface area (Å²) < 4.78 is 32.8. The van der Waals surface area contributed by atoms with Crippen LogP contribution >= 0.6 is 0 Å². The number of carboxylic acid groups (broad SMARTS) is 1. The van der Waals surface area contributed by atoms with E-state index < -0.39 is 11.8 Å². The zero-order valence-electron chi connectivity index (χ0n) is 17.1. The largest absolute Gasteiger partial charge is 0.481 e. The maximum absolute atomic E-state index is 13.8. The molecule has 0 bridgehead atoms. The first-order chi connectivity index (χ1) is 14.8. The molecule has 0 radical (unpaired) electrons. The Kier molecular flexibility index (Phi) is 5.42. The fourth-order valence-electron chi connectivity index (χ4n) is 3.81. The molecule has 31 heavy (non-hydrogen) atoms. The Morgan fingerprint density at radius 2 is 1.65 bits per heavy atom.